The van der Waals surface area contributed by atoms with Gasteiger partial charge in [0.15, 0.2) is 0 Å². The van der Waals surface area contributed by atoms with Gasteiger partial charge in [-0.05, 0) is 57.2 Å². The summed E-state index contributed by atoms with van der Waals surface area (Å²) >= 11 is 6.39. The number of nitrogens with one attached hydrogen (secondary N) is 2. The number of non-ortho nitro benzene ring substituents is 1. The minimum absolute atomic E-state index is 0.134. The molecule has 1 amide bonds. The molecule has 2 aromatic carbocycles. The summed E-state index contributed by atoms with van der Waals surface area (Å²) in [6, 6.07) is 12.4. The molecule has 9 nitrogen and oxygen atoms in total. The van der Waals surface area contributed by atoms with Gasteiger partial charge in [-0.1, -0.05) is 11.6 Å². The number of ether oxygens (including phenoxy) is 1. The quantitative estimate of drug-likeness (QED) is 0.207. The third-order valence-electron chi connectivity index (χ3n) is 5.02. The average Bonchev–Trinajstić information content (AvgIpc) is 3.11. The molecule has 35 heavy (non-hydrogen) atoms. The first-order valence-electron chi connectivity index (χ1n) is 10.6. The van der Waals surface area contributed by atoms with Gasteiger partial charge >= 0.3 is 5.97 Å². The Labute approximate surface area is 205 Å². The van der Waals surface area contributed by atoms with Crippen LogP contribution in [0.4, 0.5) is 17.1 Å². The number of esters is 1. The van der Waals surface area contributed by atoms with E-state index < -0.39 is 22.4 Å². The molecular formula is C25H21ClN4O5. The number of benzene rings is 2. The summed E-state index contributed by atoms with van der Waals surface area (Å²) in [6.07, 6.45) is 3.19. The van der Waals surface area contributed by atoms with Gasteiger partial charge in [0, 0.05) is 41.3 Å². The molecule has 4 rings (SSSR count). The van der Waals surface area contributed by atoms with Gasteiger partial charge in [0.25, 0.3) is 11.6 Å². The van der Waals surface area contributed by atoms with E-state index in [0.717, 1.165) is 0 Å². The van der Waals surface area contributed by atoms with Crippen LogP contribution in [-0.4, -0.2) is 27.4 Å². The lowest BCUT2D eigenvalue weighted by atomic mass is 10.0. The number of anilines is 2. The Kier molecular flexibility index (Phi) is 6.27. The van der Waals surface area contributed by atoms with E-state index in [4.69, 9.17) is 16.3 Å². The van der Waals surface area contributed by atoms with Gasteiger partial charge in [-0.15, -0.1) is 0 Å². The van der Waals surface area contributed by atoms with Crippen molar-refractivity contribution < 1.29 is 19.2 Å². The second-order valence-corrected chi connectivity index (χ2v) is 9.16. The van der Waals surface area contributed by atoms with Crippen molar-refractivity contribution >= 4 is 51.8 Å². The molecule has 0 saturated heterocycles. The molecule has 0 saturated carbocycles. The van der Waals surface area contributed by atoms with Crippen molar-refractivity contribution in [1.29, 1.82) is 0 Å². The summed E-state index contributed by atoms with van der Waals surface area (Å²) in [5.41, 5.74) is 2.06. The molecule has 178 valence electrons. The monoisotopic (exact) mass is 492 g/mol. The number of rotatable bonds is 5. The van der Waals surface area contributed by atoms with Crippen LogP contribution in [0.3, 0.4) is 0 Å². The van der Waals surface area contributed by atoms with Crippen LogP contribution in [-0.2, 0) is 9.53 Å². The maximum Gasteiger partial charge on any atom is 0.340 e. The minimum Gasteiger partial charge on any atom is -0.456 e. The number of hydrogen-bond donors (Lipinski definition) is 2. The Balaban J connectivity index is 1.78. The van der Waals surface area contributed by atoms with Crippen molar-refractivity contribution in [3.63, 3.8) is 0 Å². The maximum absolute atomic E-state index is 13.0. The first-order valence-corrected chi connectivity index (χ1v) is 11.0. The Morgan fingerprint density at radius 1 is 1.17 bits per heavy atom. The zero-order valence-corrected chi connectivity index (χ0v) is 19.8. The van der Waals surface area contributed by atoms with Crippen LogP contribution in [0.2, 0.25) is 5.02 Å². The lowest BCUT2D eigenvalue weighted by Gasteiger charge is -2.20. The van der Waals surface area contributed by atoms with E-state index in [2.05, 4.69) is 15.6 Å². The van der Waals surface area contributed by atoms with E-state index in [-0.39, 0.29) is 21.8 Å². The fourth-order valence-corrected chi connectivity index (χ4v) is 3.81. The number of halogens is 1. The number of carbonyl (C=O) groups is 2. The minimum atomic E-state index is -0.673. The molecule has 1 aliphatic rings. The molecule has 0 unspecified atom stereocenters. The van der Waals surface area contributed by atoms with E-state index in [1.807, 2.05) is 0 Å². The van der Waals surface area contributed by atoms with Gasteiger partial charge < -0.3 is 15.4 Å². The van der Waals surface area contributed by atoms with Crippen molar-refractivity contribution in [2.24, 2.45) is 0 Å². The largest absolute Gasteiger partial charge is 0.456 e. The third kappa shape index (κ3) is 5.15. The SMILES string of the molecule is CC(C)(C)OC(=O)c1ccc(N/C(=C2\C(=O)Nc3cc([N+](=O)[O-])ccc32)c2cccnc2)cc1Cl. The standard InChI is InChI=1S/C25H21ClN4O5/c1-25(2,3)35-24(32)17-8-6-15(11-19(17)26)28-22(14-5-4-10-27-13-14)21-18-9-7-16(30(33)34)12-20(18)29-23(21)31/h4-13,28H,1-3H3,(H,29,31)/b22-21-. The summed E-state index contributed by atoms with van der Waals surface area (Å²) in [7, 11) is 0. The van der Waals surface area contributed by atoms with Crippen LogP contribution < -0.4 is 10.6 Å². The van der Waals surface area contributed by atoms with Crippen molar-refractivity contribution in [3.8, 4) is 0 Å². The lowest BCUT2D eigenvalue weighted by Crippen LogP contribution is -2.24. The zero-order valence-electron chi connectivity index (χ0n) is 19.1. The van der Waals surface area contributed by atoms with Gasteiger partial charge in [0.2, 0.25) is 0 Å². The fraction of sp³-hybridized carbons (Fsp3) is 0.160. The van der Waals surface area contributed by atoms with Crippen LogP contribution in [0.1, 0.15) is 42.3 Å². The van der Waals surface area contributed by atoms with Gasteiger partial charge in [-0.3, -0.25) is 19.9 Å². The molecule has 10 heteroatoms. The number of pyridine rings is 1. The number of hydrogen-bond acceptors (Lipinski definition) is 7. The Bertz CT molecular complexity index is 1380. The van der Waals surface area contributed by atoms with Gasteiger partial charge in [0.05, 0.1) is 32.5 Å². The van der Waals surface area contributed by atoms with Crippen LogP contribution in [0, 0.1) is 10.1 Å². The third-order valence-corrected chi connectivity index (χ3v) is 5.33. The second kappa shape index (κ2) is 9.19. The molecule has 0 spiro atoms. The first-order chi connectivity index (χ1) is 16.5. The van der Waals surface area contributed by atoms with Crippen molar-refractivity contribution in [2.75, 3.05) is 10.6 Å². The van der Waals surface area contributed by atoms with Crippen molar-refractivity contribution in [1.82, 2.24) is 4.98 Å². The van der Waals surface area contributed by atoms with Gasteiger partial charge in [-0.25, -0.2) is 4.79 Å². The fourth-order valence-electron chi connectivity index (χ4n) is 3.55. The number of carbonyl (C=O) groups excluding carboxylic acids is 2. The summed E-state index contributed by atoms with van der Waals surface area (Å²) < 4.78 is 5.39. The smallest absolute Gasteiger partial charge is 0.340 e. The molecule has 2 heterocycles. The molecule has 0 aliphatic carbocycles. The predicted octanol–water partition coefficient (Wildman–Crippen LogP) is 5.53. The number of amides is 1. The molecule has 3 aromatic rings. The number of nitro benzene ring substituents is 1. The molecule has 1 aliphatic heterocycles. The normalized spacial score (nSPS) is 14.1. The van der Waals surface area contributed by atoms with Crippen LogP contribution in [0.5, 0.6) is 0 Å². The van der Waals surface area contributed by atoms with E-state index in [1.165, 1.54) is 24.3 Å². The molecule has 0 radical (unpaired) electrons. The van der Waals surface area contributed by atoms with Crippen LogP contribution in [0.25, 0.3) is 11.3 Å². The maximum atomic E-state index is 13.0. The second-order valence-electron chi connectivity index (χ2n) is 8.75. The number of nitro groups is 1. The summed E-state index contributed by atoms with van der Waals surface area (Å²) in [4.78, 5) is 40.2. The highest BCUT2D eigenvalue weighted by Crippen LogP contribution is 2.39. The van der Waals surface area contributed by atoms with Crippen LogP contribution >= 0.6 is 11.6 Å². The molecule has 2 N–H and O–H groups in total. The van der Waals surface area contributed by atoms with Gasteiger partial charge in [0.1, 0.15) is 5.60 Å². The summed E-state index contributed by atoms with van der Waals surface area (Å²) in [6.45, 7) is 5.29. The Hall–Kier alpha value is -4.24. The molecular weight excluding hydrogens is 472 g/mol. The topological polar surface area (TPSA) is 123 Å². The Morgan fingerprint density at radius 2 is 1.94 bits per heavy atom. The summed E-state index contributed by atoms with van der Waals surface area (Å²) in [5, 5.41) is 17.2. The first kappa shape index (κ1) is 23.9. The number of nitrogens with zero attached hydrogens (tertiary/aromatic N) is 2. The average molecular weight is 493 g/mol. The van der Waals surface area contributed by atoms with Crippen LogP contribution in [0.15, 0.2) is 60.9 Å². The molecule has 0 fully saturated rings. The van der Waals surface area contributed by atoms with E-state index in [9.17, 15) is 19.7 Å². The zero-order chi connectivity index (χ0) is 25.3. The van der Waals surface area contributed by atoms with Crippen molar-refractivity contribution in [2.45, 2.75) is 26.4 Å². The molecule has 0 atom stereocenters. The molecule has 0 bridgehead atoms. The van der Waals surface area contributed by atoms with E-state index in [1.54, 1.807) is 57.4 Å². The number of aromatic nitrogens is 1. The Morgan fingerprint density at radius 3 is 2.57 bits per heavy atom. The summed E-state index contributed by atoms with van der Waals surface area (Å²) in [5.74, 6) is -0.978. The van der Waals surface area contributed by atoms with E-state index in [0.29, 0.717) is 28.2 Å². The van der Waals surface area contributed by atoms with Gasteiger partial charge in [-0.2, -0.15) is 0 Å². The highest BCUT2D eigenvalue weighted by Gasteiger charge is 2.30. The highest BCUT2D eigenvalue weighted by molar-refractivity contribution is 6.37. The highest BCUT2D eigenvalue weighted by atomic mass is 35.5. The predicted molar refractivity (Wildman–Crippen MR) is 133 cm³/mol. The lowest BCUT2D eigenvalue weighted by molar-refractivity contribution is -0.384. The van der Waals surface area contributed by atoms with Crippen molar-refractivity contribution in [3.05, 3.63) is 92.8 Å². The number of fused-ring (bicyclic) bond motifs is 1. The van der Waals surface area contributed by atoms with E-state index >= 15 is 0 Å². The molecule has 1 aromatic heterocycles.